The smallest absolute Gasteiger partial charge is 0.264 e. The molecular formula is C20H20N2O3S. The number of nitrogens with one attached hydrogen (secondary N) is 1. The molecule has 134 valence electrons. The summed E-state index contributed by atoms with van der Waals surface area (Å²) in [6, 6.07) is 15.6. The van der Waals surface area contributed by atoms with Crippen LogP contribution in [-0.2, 0) is 11.2 Å². The Hall–Kier alpha value is -2.86. The first-order valence-corrected chi connectivity index (χ1v) is 9.01. The molecule has 0 atom stereocenters. The minimum Gasteiger partial charge on any atom is -0.493 e. The summed E-state index contributed by atoms with van der Waals surface area (Å²) in [7, 11) is 1.56. The van der Waals surface area contributed by atoms with Crippen LogP contribution in [0.3, 0.4) is 0 Å². The highest BCUT2D eigenvalue weighted by Gasteiger charge is 2.10. The average Bonchev–Trinajstić information content (AvgIpc) is 3.07. The lowest BCUT2D eigenvalue weighted by molar-refractivity contribution is -0.118. The number of methoxy groups -OCH3 is 1. The summed E-state index contributed by atoms with van der Waals surface area (Å²) >= 11 is 1.47. The van der Waals surface area contributed by atoms with E-state index < -0.39 is 0 Å². The standard InChI is InChI=1S/C20H20N2O3S/c1-14-6-5-7-15(10-14)11-16-12-21-20(26-16)22-19(23)13-25-18-9-4-3-8-17(18)24-2/h3-10,12H,11,13H2,1-2H3,(H,21,22,23). The Kier molecular flexibility index (Phi) is 5.86. The van der Waals surface area contributed by atoms with Gasteiger partial charge in [0.2, 0.25) is 0 Å². The SMILES string of the molecule is COc1ccccc1OCC(=O)Nc1ncc(Cc2cccc(C)c2)s1. The van der Waals surface area contributed by atoms with Crippen LogP contribution in [0.5, 0.6) is 11.5 Å². The van der Waals surface area contributed by atoms with E-state index in [1.165, 1.54) is 22.5 Å². The molecule has 0 aliphatic heterocycles. The molecule has 1 N–H and O–H groups in total. The predicted molar refractivity (Wildman–Crippen MR) is 103 cm³/mol. The van der Waals surface area contributed by atoms with Crippen molar-refractivity contribution < 1.29 is 14.3 Å². The number of aromatic nitrogens is 1. The first kappa shape index (κ1) is 17.9. The van der Waals surface area contributed by atoms with Crippen molar-refractivity contribution in [1.29, 1.82) is 0 Å². The second-order valence-corrected chi connectivity index (χ2v) is 6.90. The normalized spacial score (nSPS) is 10.4. The minimum atomic E-state index is -0.257. The predicted octanol–water partition coefficient (Wildman–Crippen LogP) is 4.07. The lowest BCUT2D eigenvalue weighted by Gasteiger charge is -2.09. The molecule has 0 bridgehead atoms. The Labute approximate surface area is 156 Å². The zero-order chi connectivity index (χ0) is 18.4. The van der Waals surface area contributed by atoms with Gasteiger partial charge in [-0.05, 0) is 24.6 Å². The molecule has 0 aliphatic carbocycles. The summed E-state index contributed by atoms with van der Waals surface area (Å²) in [5.41, 5.74) is 2.46. The molecule has 0 unspecified atom stereocenters. The number of amides is 1. The summed E-state index contributed by atoms with van der Waals surface area (Å²) in [5, 5.41) is 3.34. The van der Waals surface area contributed by atoms with Gasteiger partial charge in [0, 0.05) is 17.5 Å². The van der Waals surface area contributed by atoms with Crippen LogP contribution < -0.4 is 14.8 Å². The molecule has 6 heteroatoms. The fourth-order valence-corrected chi connectivity index (χ4v) is 3.37. The number of para-hydroxylation sites is 2. The van der Waals surface area contributed by atoms with Crippen LogP contribution in [0.4, 0.5) is 5.13 Å². The number of hydrogen-bond donors (Lipinski definition) is 1. The average molecular weight is 368 g/mol. The molecule has 1 aromatic heterocycles. The number of benzene rings is 2. The Balaban J connectivity index is 1.54. The van der Waals surface area contributed by atoms with Gasteiger partial charge in [0.1, 0.15) is 0 Å². The molecular weight excluding hydrogens is 348 g/mol. The fraction of sp³-hybridized carbons (Fsp3) is 0.200. The van der Waals surface area contributed by atoms with Crippen molar-refractivity contribution in [2.45, 2.75) is 13.3 Å². The first-order chi connectivity index (χ1) is 12.6. The molecule has 0 spiro atoms. The van der Waals surface area contributed by atoms with E-state index in [1.807, 2.05) is 18.2 Å². The second kappa shape index (κ2) is 8.49. The van der Waals surface area contributed by atoms with Gasteiger partial charge in [-0.1, -0.05) is 42.0 Å². The molecule has 3 rings (SSSR count). The number of aryl methyl sites for hydroxylation is 1. The van der Waals surface area contributed by atoms with E-state index >= 15 is 0 Å². The second-order valence-electron chi connectivity index (χ2n) is 5.79. The van der Waals surface area contributed by atoms with E-state index in [9.17, 15) is 4.79 Å². The van der Waals surface area contributed by atoms with Crippen molar-refractivity contribution >= 4 is 22.4 Å². The lowest BCUT2D eigenvalue weighted by atomic mass is 10.1. The maximum Gasteiger partial charge on any atom is 0.264 e. The van der Waals surface area contributed by atoms with Crippen LogP contribution >= 0.6 is 11.3 Å². The summed E-state index contributed by atoms with van der Waals surface area (Å²) in [6.45, 7) is 1.97. The molecule has 0 aliphatic rings. The maximum absolute atomic E-state index is 12.1. The van der Waals surface area contributed by atoms with Gasteiger partial charge < -0.3 is 9.47 Å². The largest absolute Gasteiger partial charge is 0.493 e. The Morgan fingerprint density at radius 3 is 2.73 bits per heavy atom. The van der Waals surface area contributed by atoms with E-state index in [0.717, 1.165) is 11.3 Å². The molecule has 1 amide bonds. The molecule has 0 radical (unpaired) electrons. The molecule has 26 heavy (non-hydrogen) atoms. The number of nitrogens with zero attached hydrogens (tertiary/aromatic N) is 1. The van der Waals surface area contributed by atoms with E-state index in [-0.39, 0.29) is 12.5 Å². The van der Waals surface area contributed by atoms with Crippen LogP contribution in [0.15, 0.2) is 54.7 Å². The quantitative estimate of drug-likeness (QED) is 0.683. The van der Waals surface area contributed by atoms with Gasteiger partial charge in [0.25, 0.3) is 5.91 Å². The molecule has 2 aromatic carbocycles. The van der Waals surface area contributed by atoms with E-state index in [0.29, 0.717) is 16.6 Å². The number of thiazole rings is 1. The Morgan fingerprint density at radius 2 is 1.96 bits per heavy atom. The third-order valence-electron chi connectivity index (χ3n) is 3.69. The number of anilines is 1. The van der Waals surface area contributed by atoms with E-state index in [1.54, 1.807) is 25.4 Å². The van der Waals surface area contributed by atoms with Crippen molar-refractivity contribution in [2.24, 2.45) is 0 Å². The Bertz CT molecular complexity index is 892. The number of hydrogen-bond acceptors (Lipinski definition) is 5. The van der Waals surface area contributed by atoms with Crippen LogP contribution in [0, 0.1) is 6.92 Å². The van der Waals surface area contributed by atoms with Crippen molar-refractivity contribution in [3.05, 3.63) is 70.7 Å². The highest BCUT2D eigenvalue weighted by Crippen LogP contribution is 2.26. The molecule has 0 saturated heterocycles. The third-order valence-corrected chi connectivity index (χ3v) is 4.60. The van der Waals surface area contributed by atoms with Crippen molar-refractivity contribution in [3.63, 3.8) is 0 Å². The monoisotopic (exact) mass is 368 g/mol. The van der Waals surface area contributed by atoms with Gasteiger partial charge >= 0.3 is 0 Å². The van der Waals surface area contributed by atoms with Gasteiger partial charge in [-0.3, -0.25) is 10.1 Å². The summed E-state index contributed by atoms with van der Waals surface area (Å²) in [5.74, 6) is 0.867. The topological polar surface area (TPSA) is 60.5 Å². The van der Waals surface area contributed by atoms with E-state index in [4.69, 9.17) is 9.47 Å². The molecule has 5 nitrogen and oxygen atoms in total. The summed E-state index contributed by atoms with van der Waals surface area (Å²) < 4.78 is 10.7. The van der Waals surface area contributed by atoms with E-state index in [2.05, 4.69) is 35.4 Å². The van der Waals surface area contributed by atoms with Crippen LogP contribution in [-0.4, -0.2) is 24.6 Å². The molecule has 3 aromatic rings. The number of carbonyl (C=O) groups excluding carboxylic acids is 1. The van der Waals surface area contributed by atoms with Crippen LogP contribution in [0.1, 0.15) is 16.0 Å². The van der Waals surface area contributed by atoms with Crippen molar-refractivity contribution in [2.75, 3.05) is 19.0 Å². The van der Waals surface area contributed by atoms with Crippen LogP contribution in [0.2, 0.25) is 0 Å². The number of ether oxygens (including phenoxy) is 2. The van der Waals surface area contributed by atoms with Gasteiger partial charge in [0.15, 0.2) is 23.2 Å². The van der Waals surface area contributed by atoms with Crippen LogP contribution in [0.25, 0.3) is 0 Å². The number of rotatable bonds is 7. The zero-order valence-corrected chi connectivity index (χ0v) is 15.5. The zero-order valence-electron chi connectivity index (χ0n) is 14.7. The van der Waals surface area contributed by atoms with Crippen molar-refractivity contribution in [1.82, 2.24) is 4.98 Å². The maximum atomic E-state index is 12.1. The highest BCUT2D eigenvalue weighted by atomic mass is 32.1. The van der Waals surface area contributed by atoms with Gasteiger partial charge in [-0.2, -0.15) is 0 Å². The van der Waals surface area contributed by atoms with Crippen molar-refractivity contribution in [3.8, 4) is 11.5 Å². The van der Waals surface area contributed by atoms with Gasteiger partial charge in [0.05, 0.1) is 7.11 Å². The summed E-state index contributed by atoms with van der Waals surface area (Å²) in [4.78, 5) is 17.5. The first-order valence-electron chi connectivity index (χ1n) is 8.20. The van der Waals surface area contributed by atoms with Gasteiger partial charge in [-0.15, -0.1) is 11.3 Å². The number of carbonyl (C=O) groups is 1. The minimum absolute atomic E-state index is 0.104. The lowest BCUT2D eigenvalue weighted by Crippen LogP contribution is -2.20. The van der Waals surface area contributed by atoms with Gasteiger partial charge in [-0.25, -0.2) is 4.98 Å². The molecule has 0 fully saturated rings. The molecule has 1 heterocycles. The Morgan fingerprint density at radius 1 is 1.15 bits per heavy atom. The highest BCUT2D eigenvalue weighted by molar-refractivity contribution is 7.15. The summed E-state index contributed by atoms with van der Waals surface area (Å²) in [6.07, 6.45) is 2.59. The third kappa shape index (κ3) is 4.83. The fourth-order valence-electron chi connectivity index (χ4n) is 2.51. The molecule has 0 saturated carbocycles.